The highest BCUT2D eigenvalue weighted by Gasteiger charge is 2.34. The van der Waals surface area contributed by atoms with Gasteiger partial charge in [-0.25, -0.2) is 4.79 Å². The van der Waals surface area contributed by atoms with Gasteiger partial charge in [-0.1, -0.05) is 91.4 Å². The molecule has 2 rings (SSSR count). The van der Waals surface area contributed by atoms with Crippen molar-refractivity contribution in [1.82, 2.24) is 10.6 Å². The van der Waals surface area contributed by atoms with Crippen LogP contribution in [-0.4, -0.2) is 71.8 Å². The maximum Gasteiger partial charge on any atom is 0.330 e. The second-order valence-electron chi connectivity index (χ2n) is 13.6. The molecule has 10 nitrogen and oxygen atoms in total. The van der Waals surface area contributed by atoms with Crippen LogP contribution in [0.1, 0.15) is 88.1 Å². The second kappa shape index (κ2) is 28.4. The average molecular weight is 803 g/mol. The molecular weight excluding hydrogens is 744 g/mol. The van der Waals surface area contributed by atoms with Crippen molar-refractivity contribution in [1.29, 1.82) is 0 Å². The fourth-order valence-electron chi connectivity index (χ4n) is 4.93. The Morgan fingerprint density at radius 1 is 0.719 bits per heavy atom. The number of ketones is 1. The number of benzene rings is 2. The lowest BCUT2D eigenvalue weighted by Crippen LogP contribution is -2.56. The van der Waals surface area contributed by atoms with Crippen LogP contribution in [0.2, 0.25) is 5.02 Å². The highest BCUT2D eigenvalue weighted by molar-refractivity contribution is 6.30. The molecule has 0 bridgehead atoms. The maximum absolute atomic E-state index is 13.4. The third-order valence-electron chi connectivity index (χ3n) is 8.35. The molecule has 0 radical (unpaired) electrons. The first-order chi connectivity index (χ1) is 27.5. The first-order valence-corrected chi connectivity index (χ1v) is 19.8. The topological polar surface area (TPSA) is 151 Å². The first kappa shape index (κ1) is 48.1. The normalized spacial score (nSPS) is 12.8. The van der Waals surface area contributed by atoms with Gasteiger partial charge in [-0.3, -0.25) is 14.4 Å². The van der Waals surface area contributed by atoms with E-state index < -0.39 is 42.7 Å². The molecule has 2 aromatic carbocycles. The summed E-state index contributed by atoms with van der Waals surface area (Å²) in [5, 5.41) is 24.6. The molecule has 4 N–H and O–H groups in total. The number of nitrogens with one attached hydrogen (secondary N) is 2. The number of carbonyl (C=O) groups is 4. The molecule has 0 fully saturated rings. The third kappa shape index (κ3) is 20.6. The minimum absolute atomic E-state index is 0.167. The molecule has 0 aliphatic heterocycles. The highest BCUT2D eigenvalue weighted by atomic mass is 35.5. The third-order valence-corrected chi connectivity index (χ3v) is 8.60. The molecule has 0 spiro atoms. The number of hydrogen-bond acceptors (Lipinski definition) is 8. The number of rotatable bonds is 27. The van der Waals surface area contributed by atoms with Gasteiger partial charge in [0.15, 0.2) is 11.4 Å². The first-order valence-electron chi connectivity index (χ1n) is 19.5. The number of allylic oxidation sites excluding steroid dienone is 12. The molecule has 0 aliphatic rings. The lowest BCUT2D eigenvalue weighted by atomic mass is 10.0. The van der Waals surface area contributed by atoms with Crippen molar-refractivity contribution < 1.29 is 38.9 Å². The zero-order chi connectivity index (χ0) is 41.7. The summed E-state index contributed by atoms with van der Waals surface area (Å²) >= 11 is 5.93. The van der Waals surface area contributed by atoms with Crippen LogP contribution in [0.5, 0.6) is 5.75 Å². The van der Waals surface area contributed by atoms with Gasteiger partial charge >= 0.3 is 5.97 Å². The van der Waals surface area contributed by atoms with E-state index in [0.717, 1.165) is 38.5 Å². The number of aliphatic hydroxyl groups is 2. The zero-order valence-electron chi connectivity index (χ0n) is 33.4. The number of ether oxygens (including phenoxy) is 2. The van der Waals surface area contributed by atoms with Crippen LogP contribution >= 0.6 is 11.6 Å². The van der Waals surface area contributed by atoms with Crippen molar-refractivity contribution >= 4 is 35.2 Å². The molecule has 0 saturated heterocycles. The summed E-state index contributed by atoms with van der Waals surface area (Å²) in [5.74, 6) is -2.45. The van der Waals surface area contributed by atoms with E-state index in [2.05, 4.69) is 78.3 Å². The number of hydrogen-bond donors (Lipinski definition) is 4. The van der Waals surface area contributed by atoms with Gasteiger partial charge in [0.05, 0.1) is 19.8 Å². The Hall–Kier alpha value is -5.03. The van der Waals surface area contributed by atoms with Crippen LogP contribution in [0, 0.1) is 5.92 Å². The lowest BCUT2D eigenvalue weighted by Gasteiger charge is -2.28. The van der Waals surface area contributed by atoms with Crippen molar-refractivity contribution in [3.8, 4) is 5.75 Å². The Morgan fingerprint density at radius 3 is 1.68 bits per heavy atom. The number of aliphatic hydroxyl groups excluding tert-OH is 2. The van der Waals surface area contributed by atoms with Crippen LogP contribution in [0.4, 0.5) is 0 Å². The molecule has 2 amide bonds. The minimum Gasteiger partial charge on any atom is -0.478 e. The molecule has 11 heteroatoms. The molecule has 0 aromatic heterocycles. The van der Waals surface area contributed by atoms with E-state index in [1.54, 1.807) is 48.5 Å². The van der Waals surface area contributed by atoms with Gasteiger partial charge in [0.1, 0.15) is 11.8 Å². The van der Waals surface area contributed by atoms with Gasteiger partial charge in [-0.05, 0) is 107 Å². The highest BCUT2D eigenvalue weighted by Crippen LogP contribution is 2.21. The summed E-state index contributed by atoms with van der Waals surface area (Å²) in [6, 6.07) is 11.5. The summed E-state index contributed by atoms with van der Waals surface area (Å²) in [7, 11) is 0. The molecule has 57 heavy (non-hydrogen) atoms. The quantitative estimate of drug-likeness (QED) is 0.0404. The smallest absolute Gasteiger partial charge is 0.330 e. The van der Waals surface area contributed by atoms with Gasteiger partial charge in [0.2, 0.25) is 5.91 Å². The fraction of sp³-hybridized carbons (Fsp3) is 0.391. The van der Waals surface area contributed by atoms with Crippen LogP contribution in [-0.2, 0) is 19.1 Å². The van der Waals surface area contributed by atoms with Crippen molar-refractivity contribution in [2.75, 3.05) is 26.4 Å². The number of amides is 2. The van der Waals surface area contributed by atoms with Crippen LogP contribution in [0.15, 0.2) is 121 Å². The largest absolute Gasteiger partial charge is 0.478 e. The molecule has 1 atom stereocenters. The molecule has 0 aliphatic carbocycles. The molecule has 0 saturated carbocycles. The molecular formula is C46H59ClN2O8. The predicted octanol–water partition coefficient (Wildman–Crippen LogP) is 7.95. The summed E-state index contributed by atoms with van der Waals surface area (Å²) in [6.45, 7) is 3.80. The van der Waals surface area contributed by atoms with Gasteiger partial charge in [-0.2, -0.15) is 0 Å². The summed E-state index contributed by atoms with van der Waals surface area (Å²) in [6.07, 6.45) is 31.5. The average Bonchev–Trinajstić information content (AvgIpc) is 3.20. The Bertz CT molecular complexity index is 1690. The lowest BCUT2D eigenvalue weighted by molar-refractivity contribution is -0.151. The van der Waals surface area contributed by atoms with Gasteiger partial charge in [-0.15, -0.1) is 0 Å². The predicted molar refractivity (Wildman–Crippen MR) is 227 cm³/mol. The molecule has 0 heterocycles. The summed E-state index contributed by atoms with van der Waals surface area (Å²) in [4.78, 5) is 51.9. The van der Waals surface area contributed by atoms with Crippen molar-refractivity contribution in [3.05, 3.63) is 138 Å². The Morgan fingerprint density at radius 2 is 1.19 bits per heavy atom. The van der Waals surface area contributed by atoms with Crippen LogP contribution < -0.4 is 15.4 Å². The van der Waals surface area contributed by atoms with Crippen molar-refractivity contribution in [2.45, 2.75) is 83.8 Å². The Kier molecular flexibility index (Phi) is 24.0. The standard InChI is InChI=1S/C46H59ClN2O8/c1-4-5-6-7-8-9-10-11-12-13-14-15-16-17-18-19-20-21-22-23-42(52)48-32-41(44(54)56-35-36(33-50)34-51)49-45(55)46(2,3)57-40-30-26-38(27-31-40)43(53)37-24-28-39(47)29-25-37/h5-6,8-9,11-12,14-15,17-18,20-21,24-31,36,41,50-51H,4,7,10,13,16,19,22-23,32-35H2,1-3H3,(H,48,52)(H,49,55)/b6-5-,9-8-,12-11-,15-14-,18-17-,21-20-. The van der Waals surface area contributed by atoms with E-state index in [1.165, 1.54) is 13.8 Å². The molecule has 308 valence electrons. The summed E-state index contributed by atoms with van der Waals surface area (Å²) < 4.78 is 11.2. The van der Waals surface area contributed by atoms with Gasteiger partial charge in [0.25, 0.3) is 5.91 Å². The van der Waals surface area contributed by atoms with Crippen molar-refractivity contribution in [2.24, 2.45) is 5.92 Å². The van der Waals surface area contributed by atoms with Crippen LogP contribution in [0.25, 0.3) is 0 Å². The second-order valence-corrected chi connectivity index (χ2v) is 14.1. The van der Waals surface area contributed by atoms with Gasteiger partial charge in [0, 0.05) is 35.0 Å². The van der Waals surface area contributed by atoms with E-state index >= 15 is 0 Å². The monoisotopic (exact) mass is 802 g/mol. The number of halogens is 1. The summed E-state index contributed by atoms with van der Waals surface area (Å²) in [5.41, 5.74) is -0.606. The molecule has 2 aromatic rings. The van der Waals surface area contributed by atoms with Gasteiger partial charge < -0.3 is 30.3 Å². The SMILES string of the molecule is CC/C=C\C/C=C\C/C=C\C/C=C\C/C=C\C/C=C\CCC(=O)NCC(NC(=O)C(C)(C)Oc1ccc(C(=O)c2ccc(Cl)cc2)cc1)C(=O)OCC(CO)CO. The number of carbonyl (C=O) groups excluding carboxylic acids is 4. The fourth-order valence-corrected chi connectivity index (χ4v) is 5.06. The Labute approximate surface area is 343 Å². The minimum atomic E-state index is -1.49. The van der Waals surface area contributed by atoms with E-state index in [9.17, 15) is 29.4 Å². The molecule has 1 unspecified atom stereocenters. The van der Waals surface area contributed by atoms with E-state index in [-0.39, 0.29) is 31.3 Å². The van der Waals surface area contributed by atoms with E-state index in [4.69, 9.17) is 21.1 Å². The van der Waals surface area contributed by atoms with E-state index in [0.29, 0.717) is 28.3 Å². The number of esters is 1. The van der Waals surface area contributed by atoms with Crippen molar-refractivity contribution in [3.63, 3.8) is 0 Å². The Balaban J connectivity index is 1.83. The zero-order valence-corrected chi connectivity index (χ0v) is 34.2. The van der Waals surface area contributed by atoms with E-state index in [1.807, 2.05) is 12.2 Å². The van der Waals surface area contributed by atoms with Crippen LogP contribution in [0.3, 0.4) is 0 Å². The maximum atomic E-state index is 13.4.